The number of thiazole rings is 1. The van der Waals surface area contributed by atoms with Crippen molar-refractivity contribution >= 4 is 27.3 Å². The van der Waals surface area contributed by atoms with Crippen LogP contribution in [0.4, 0.5) is 0 Å². The highest BCUT2D eigenvalue weighted by Gasteiger charge is 2.07. The molecule has 5 heteroatoms. The van der Waals surface area contributed by atoms with Crippen LogP contribution in [0.5, 0.6) is 0 Å². The molecule has 10 heavy (non-hydrogen) atoms. The Bertz CT molecular complexity index is 215. The number of aromatic nitrogens is 1. The van der Waals surface area contributed by atoms with Crippen molar-refractivity contribution in [2.75, 3.05) is 0 Å². The topological polar surface area (TPSA) is 48.1 Å². The van der Waals surface area contributed by atoms with E-state index in [-0.39, 0.29) is 6.10 Å². The lowest BCUT2D eigenvalue weighted by atomic mass is 10.3. The van der Waals surface area contributed by atoms with Gasteiger partial charge in [-0.3, -0.25) is 4.84 Å². The van der Waals surface area contributed by atoms with E-state index in [0.29, 0.717) is 0 Å². The van der Waals surface area contributed by atoms with Gasteiger partial charge in [0.2, 0.25) is 0 Å². The summed E-state index contributed by atoms with van der Waals surface area (Å²) in [6.07, 6.45) is -0.123. The molecule has 0 radical (unpaired) electrons. The van der Waals surface area contributed by atoms with Gasteiger partial charge in [0, 0.05) is 5.38 Å². The van der Waals surface area contributed by atoms with E-state index < -0.39 is 0 Å². The van der Waals surface area contributed by atoms with Crippen LogP contribution in [0.25, 0.3) is 0 Å². The zero-order valence-electron chi connectivity index (χ0n) is 5.37. The second-order valence-electron chi connectivity index (χ2n) is 1.80. The van der Waals surface area contributed by atoms with Crippen molar-refractivity contribution in [2.24, 2.45) is 5.90 Å². The van der Waals surface area contributed by atoms with Crippen molar-refractivity contribution < 1.29 is 4.84 Å². The third-order valence-electron chi connectivity index (χ3n) is 1.11. The van der Waals surface area contributed by atoms with Crippen molar-refractivity contribution in [3.63, 3.8) is 0 Å². The molecule has 0 spiro atoms. The third kappa shape index (κ3) is 1.76. The standard InChI is InChI=1S/C5H7BrN2OS/c1-3(9-7)4-2-10-5(6)8-4/h2-3H,7H2,1H3. The maximum atomic E-state index is 4.96. The van der Waals surface area contributed by atoms with Crippen LogP contribution < -0.4 is 5.90 Å². The fourth-order valence-corrected chi connectivity index (χ4v) is 1.63. The first-order chi connectivity index (χ1) is 4.74. The van der Waals surface area contributed by atoms with E-state index in [2.05, 4.69) is 25.8 Å². The number of hydrogen-bond acceptors (Lipinski definition) is 4. The van der Waals surface area contributed by atoms with Crippen LogP contribution in [0.1, 0.15) is 18.7 Å². The van der Waals surface area contributed by atoms with Gasteiger partial charge in [0.1, 0.15) is 6.10 Å². The Morgan fingerprint density at radius 2 is 2.60 bits per heavy atom. The Labute approximate surface area is 71.3 Å². The fraction of sp³-hybridized carbons (Fsp3) is 0.400. The second kappa shape index (κ2) is 3.43. The number of nitrogens with two attached hydrogens (primary N) is 1. The molecule has 3 nitrogen and oxygen atoms in total. The predicted octanol–water partition coefficient (Wildman–Crippen LogP) is 1.86. The minimum absolute atomic E-state index is 0.123. The van der Waals surface area contributed by atoms with Gasteiger partial charge in [0.25, 0.3) is 0 Å². The van der Waals surface area contributed by atoms with E-state index in [4.69, 9.17) is 5.90 Å². The summed E-state index contributed by atoms with van der Waals surface area (Å²) in [6, 6.07) is 0. The third-order valence-corrected chi connectivity index (χ3v) is 2.50. The van der Waals surface area contributed by atoms with Gasteiger partial charge in [0.05, 0.1) is 5.69 Å². The van der Waals surface area contributed by atoms with E-state index >= 15 is 0 Å². The molecular weight excluding hydrogens is 216 g/mol. The van der Waals surface area contributed by atoms with Gasteiger partial charge in [-0.05, 0) is 22.9 Å². The molecular formula is C5H7BrN2OS. The van der Waals surface area contributed by atoms with Crippen molar-refractivity contribution in [3.05, 3.63) is 15.0 Å². The predicted molar refractivity (Wildman–Crippen MR) is 43.5 cm³/mol. The zero-order valence-corrected chi connectivity index (χ0v) is 7.78. The highest BCUT2D eigenvalue weighted by molar-refractivity contribution is 9.11. The summed E-state index contributed by atoms with van der Waals surface area (Å²) in [7, 11) is 0. The number of hydrogen-bond donors (Lipinski definition) is 1. The van der Waals surface area contributed by atoms with Gasteiger partial charge in [0.15, 0.2) is 3.92 Å². The molecule has 56 valence electrons. The van der Waals surface area contributed by atoms with Gasteiger partial charge in [-0.15, -0.1) is 11.3 Å². The lowest BCUT2D eigenvalue weighted by molar-refractivity contribution is 0.0638. The molecule has 0 aliphatic carbocycles. The maximum absolute atomic E-state index is 4.96. The molecule has 1 aromatic rings. The molecule has 0 amide bonds. The van der Waals surface area contributed by atoms with Crippen molar-refractivity contribution in [1.29, 1.82) is 0 Å². The van der Waals surface area contributed by atoms with E-state index in [1.807, 2.05) is 12.3 Å². The van der Waals surface area contributed by atoms with Gasteiger partial charge >= 0.3 is 0 Å². The summed E-state index contributed by atoms with van der Waals surface area (Å²) in [5, 5.41) is 1.90. The smallest absolute Gasteiger partial charge is 0.159 e. The minimum atomic E-state index is -0.123. The largest absolute Gasteiger partial charge is 0.295 e. The van der Waals surface area contributed by atoms with Crippen LogP contribution in [-0.2, 0) is 4.84 Å². The van der Waals surface area contributed by atoms with Crippen molar-refractivity contribution in [2.45, 2.75) is 13.0 Å². The van der Waals surface area contributed by atoms with Gasteiger partial charge in [-0.1, -0.05) is 0 Å². The average Bonchev–Trinajstić information content (AvgIpc) is 2.34. The van der Waals surface area contributed by atoms with Crippen molar-refractivity contribution in [3.8, 4) is 0 Å². The molecule has 0 fully saturated rings. The first kappa shape index (κ1) is 8.13. The molecule has 0 aromatic carbocycles. The molecule has 1 atom stereocenters. The lowest BCUT2D eigenvalue weighted by Gasteiger charge is -2.02. The lowest BCUT2D eigenvalue weighted by Crippen LogP contribution is -2.05. The Kier molecular flexibility index (Phi) is 2.79. The number of nitrogens with zero attached hydrogens (tertiary/aromatic N) is 1. The molecule has 0 aliphatic rings. The van der Waals surface area contributed by atoms with Crippen LogP contribution in [0.3, 0.4) is 0 Å². The van der Waals surface area contributed by atoms with E-state index in [0.717, 1.165) is 9.61 Å². The zero-order chi connectivity index (χ0) is 7.56. The summed E-state index contributed by atoms with van der Waals surface area (Å²) in [5.41, 5.74) is 0.861. The SMILES string of the molecule is CC(ON)c1csc(Br)n1. The number of rotatable bonds is 2. The summed E-state index contributed by atoms with van der Waals surface area (Å²) in [5.74, 6) is 4.96. The monoisotopic (exact) mass is 222 g/mol. The maximum Gasteiger partial charge on any atom is 0.159 e. The first-order valence-electron chi connectivity index (χ1n) is 2.70. The summed E-state index contributed by atoms with van der Waals surface area (Å²) in [4.78, 5) is 8.68. The van der Waals surface area contributed by atoms with Gasteiger partial charge < -0.3 is 0 Å². The molecule has 2 N–H and O–H groups in total. The second-order valence-corrected chi connectivity index (χ2v) is 3.94. The van der Waals surface area contributed by atoms with E-state index in [1.165, 1.54) is 11.3 Å². The van der Waals surface area contributed by atoms with Crippen LogP contribution in [0, 0.1) is 0 Å². The van der Waals surface area contributed by atoms with Gasteiger partial charge in [-0.25, -0.2) is 10.9 Å². The molecule has 1 heterocycles. The Morgan fingerprint density at radius 3 is 3.00 bits per heavy atom. The highest BCUT2D eigenvalue weighted by Crippen LogP contribution is 2.21. The van der Waals surface area contributed by atoms with Crippen LogP contribution in [0.2, 0.25) is 0 Å². The average molecular weight is 223 g/mol. The molecule has 0 aliphatic heterocycles. The van der Waals surface area contributed by atoms with E-state index in [9.17, 15) is 0 Å². The summed E-state index contributed by atoms with van der Waals surface area (Å²) in [6.45, 7) is 1.85. The summed E-state index contributed by atoms with van der Waals surface area (Å²) >= 11 is 4.76. The quantitative estimate of drug-likeness (QED) is 0.778. The molecule has 0 bridgehead atoms. The highest BCUT2D eigenvalue weighted by atomic mass is 79.9. The van der Waals surface area contributed by atoms with Crippen molar-refractivity contribution in [1.82, 2.24) is 4.98 Å². The molecule has 1 rings (SSSR count). The van der Waals surface area contributed by atoms with Crippen LogP contribution in [0.15, 0.2) is 9.30 Å². The Morgan fingerprint density at radius 1 is 1.90 bits per heavy atom. The first-order valence-corrected chi connectivity index (χ1v) is 4.37. The normalized spacial score (nSPS) is 13.5. The molecule has 0 saturated carbocycles. The molecule has 1 aromatic heterocycles. The van der Waals surface area contributed by atoms with Crippen LogP contribution in [-0.4, -0.2) is 4.98 Å². The Balaban J connectivity index is 2.74. The van der Waals surface area contributed by atoms with E-state index in [1.54, 1.807) is 0 Å². The molecule has 0 saturated heterocycles. The van der Waals surface area contributed by atoms with Gasteiger partial charge in [-0.2, -0.15) is 0 Å². The summed E-state index contributed by atoms with van der Waals surface area (Å²) < 4.78 is 0.853. The minimum Gasteiger partial charge on any atom is -0.295 e. The molecule has 1 unspecified atom stereocenters. The Hall–Kier alpha value is 0.0300. The van der Waals surface area contributed by atoms with Crippen LogP contribution >= 0.6 is 27.3 Å². The number of halogens is 1. The fourth-order valence-electron chi connectivity index (χ4n) is 0.520.